The molecule has 0 bridgehead atoms. The van der Waals surface area contributed by atoms with Crippen LogP contribution < -0.4 is 5.32 Å². The van der Waals surface area contributed by atoms with Gasteiger partial charge in [0.25, 0.3) is 5.91 Å². The maximum absolute atomic E-state index is 12.2. The smallest absolute Gasteiger partial charge is 0.255 e. The first-order chi connectivity index (χ1) is 10.7. The first-order valence-corrected chi connectivity index (χ1v) is 7.15. The summed E-state index contributed by atoms with van der Waals surface area (Å²) in [6.45, 7) is 2.65. The standard InChI is InChI=1S/C18H17N3O/c1-14-6-5-9-16(10-14)18(22)20-17-11-19-21(13-17)12-15-7-3-2-4-8-15/h2-11,13H,12H2,1H3,(H,20,22). The topological polar surface area (TPSA) is 46.9 Å². The van der Waals surface area contributed by atoms with E-state index < -0.39 is 0 Å². The molecule has 22 heavy (non-hydrogen) atoms. The molecule has 0 unspecified atom stereocenters. The van der Waals surface area contributed by atoms with Crippen LogP contribution in [0.15, 0.2) is 67.0 Å². The van der Waals surface area contributed by atoms with Gasteiger partial charge in [-0.1, -0.05) is 48.0 Å². The Labute approximate surface area is 129 Å². The Morgan fingerprint density at radius 3 is 2.73 bits per heavy atom. The number of aryl methyl sites for hydroxylation is 1. The summed E-state index contributed by atoms with van der Waals surface area (Å²) in [5, 5.41) is 7.15. The van der Waals surface area contributed by atoms with Gasteiger partial charge in [0.05, 0.1) is 18.4 Å². The van der Waals surface area contributed by atoms with Crippen LogP contribution in [0.5, 0.6) is 0 Å². The van der Waals surface area contributed by atoms with E-state index in [-0.39, 0.29) is 5.91 Å². The number of aromatic nitrogens is 2. The largest absolute Gasteiger partial charge is 0.319 e. The van der Waals surface area contributed by atoms with Gasteiger partial charge < -0.3 is 5.32 Å². The number of nitrogens with one attached hydrogen (secondary N) is 1. The van der Waals surface area contributed by atoms with Gasteiger partial charge in [0.1, 0.15) is 0 Å². The van der Waals surface area contributed by atoms with Crippen LogP contribution in [0.3, 0.4) is 0 Å². The highest BCUT2D eigenvalue weighted by Crippen LogP contribution is 2.11. The zero-order chi connectivity index (χ0) is 15.4. The molecule has 0 aliphatic rings. The molecule has 3 aromatic rings. The molecular formula is C18H17N3O. The molecule has 4 nitrogen and oxygen atoms in total. The molecule has 1 heterocycles. The summed E-state index contributed by atoms with van der Waals surface area (Å²) in [6.07, 6.45) is 3.50. The van der Waals surface area contributed by atoms with Crippen molar-refractivity contribution in [3.8, 4) is 0 Å². The lowest BCUT2D eigenvalue weighted by Crippen LogP contribution is -2.11. The molecule has 0 saturated heterocycles. The molecule has 0 aliphatic carbocycles. The third-order valence-corrected chi connectivity index (χ3v) is 3.36. The Morgan fingerprint density at radius 1 is 1.14 bits per heavy atom. The van der Waals surface area contributed by atoms with E-state index in [1.54, 1.807) is 16.9 Å². The third-order valence-electron chi connectivity index (χ3n) is 3.36. The minimum Gasteiger partial charge on any atom is -0.319 e. The predicted molar refractivity (Wildman–Crippen MR) is 86.9 cm³/mol. The van der Waals surface area contributed by atoms with Gasteiger partial charge in [0.2, 0.25) is 0 Å². The normalized spacial score (nSPS) is 10.4. The molecule has 0 radical (unpaired) electrons. The number of hydrogen-bond acceptors (Lipinski definition) is 2. The van der Waals surface area contributed by atoms with Crippen molar-refractivity contribution in [3.05, 3.63) is 83.7 Å². The first kappa shape index (κ1) is 14.1. The number of anilines is 1. The van der Waals surface area contributed by atoms with Gasteiger partial charge in [0.15, 0.2) is 0 Å². The van der Waals surface area contributed by atoms with Gasteiger partial charge in [-0.3, -0.25) is 9.48 Å². The number of rotatable bonds is 4. The van der Waals surface area contributed by atoms with Crippen molar-refractivity contribution in [2.75, 3.05) is 5.32 Å². The summed E-state index contributed by atoms with van der Waals surface area (Å²) in [6, 6.07) is 17.6. The van der Waals surface area contributed by atoms with Gasteiger partial charge in [-0.15, -0.1) is 0 Å². The summed E-state index contributed by atoms with van der Waals surface area (Å²) < 4.78 is 1.81. The van der Waals surface area contributed by atoms with Crippen molar-refractivity contribution in [1.29, 1.82) is 0 Å². The van der Waals surface area contributed by atoms with Crippen LogP contribution in [0.1, 0.15) is 21.5 Å². The lowest BCUT2D eigenvalue weighted by molar-refractivity contribution is 0.102. The number of hydrogen-bond donors (Lipinski definition) is 1. The molecule has 3 rings (SSSR count). The highest BCUT2D eigenvalue weighted by atomic mass is 16.1. The Bertz CT molecular complexity index is 778. The molecular weight excluding hydrogens is 274 g/mol. The molecule has 0 atom stereocenters. The second kappa shape index (κ2) is 6.26. The molecule has 0 aliphatic heterocycles. The number of benzene rings is 2. The number of nitrogens with zero attached hydrogens (tertiary/aromatic N) is 2. The molecule has 0 fully saturated rings. The highest BCUT2D eigenvalue weighted by molar-refractivity contribution is 6.04. The lowest BCUT2D eigenvalue weighted by atomic mass is 10.1. The quantitative estimate of drug-likeness (QED) is 0.800. The van der Waals surface area contributed by atoms with Gasteiger partial charge in [-0.25, -0.2) is 0 Å². The summed E-state index contributed by atoms with van der Waals surface area (Å²) in [4.78, 5) is 12.2. The van der Waals surface area contributed by atoms with E-state index in [0.29, 0.717) is 17.8 Å². The summed E-state index contributed by atoms with van der Waals surface area (Å²) in [5.74, 6) is -0.122. The summed E-state index contributed by atoms with van der Waals surface area (Å²) >= 11 is 0. The van der Waals surface area contributed by atoms with Crippen LogP contribution >= 0.6 is 0 Å². The number of amides is 1. The molecule has 0 saturated carbocycles. The van der Waals surface area contributed by atoms with E-state index in [2.05, 4.69) is 10.4 Å². The highest BCUT2D eigenvalue weighted by Gasteiger charge is 2.07. The third kappa shape index (κ3) is 3.41. The van der Waals surface area contributed by atoms with Crippen molar-refractivity contribution >= 4 is 11.6 Å². The van der Waals surface area contributed by atoms with Gasteiger partial charge in [-0.2, -0.15) is 5.10 Å². The van der Waals surface area contributed by atoms with E-state index in [4.69, 9.17) is 0 Å². The van der Waals surface area contributed by atoms with Crippen LogP contribution in [-0.2, 0) is 6.54 Å². The number of carbonyl (C=O) groups is 1. The fraction of sp³-hybridized carbons (Fsp3) is 0.111. The van der Waals surface area contributed by atoms with E-state index >= 15 is 0 Å². The fourth-order valence-electron chi connectivity index (χ4n) is 2.27. The van der Waals surface area contributed by atoms with E-state index in [1.807, 2.05) is 61.7 Å². The molecule has 1 aromatic heterocycles. The fourth-order valence-corrected chi connectivity index (χ4v) is 2.27. The Morgan fingerprint density at radius 2 is 1.95 bits per heavy atom. The van der Waals surface area contributed by atoms with Crippen LogP contribution in [0.2, 0.25) is 0 Å². The second-order valence-electron chi connectivity index (χ2n) is 5.24. The van der Waals surface area contributed by atoms with E-state index in [0.717, 1.165) is 5.56 Å². The SMILES string of the molecule is Cc1cccc(C(=O)Nc2cnn(Cc3ccccc3)c2)c1. The summed E-state index contributed by atoms with van der Waals surface area (Å²) in [7, 11) is 0. The summed E-state index contributed by atoms with van der Waals surface area (Å²) in [5.41, 5.74) is 3.58. The average molecular weight is 291 g/mol. The van der Waals surface area contributed by atoms with Crippen LogP contribution in [-0.4, -0.2) is 15.7 Å². The van der Waals surface area contributed by atoms with E-state index in [9.17, 15) is 4.79 Å². The monoisotopic (exact) mass is 291 g/mol. The van der Waals surface area contributed by atoms with Crippen LogP contribution in [0.25, 0.3) is 0 Å². The predicted octanol–water partition coefficient (Wildman–Crippen LogP) is 3.49. The zero-order valence-electron chi connectivity index (χ0n) is 12.4. The lowest BCUT2D eigenvalue weighted by Gasteiger charge is -2.03. The molecule has 110 valence electrons. The van der Waals surface area contributed by atoms with Crippen molar-refractivity contribution in [2.45, 2.75) is 13.5 Å². The van der Waals surface area contributed by atoms with Crippen molar-refractivity contribution < 1.29 is 4.79 Å². The van der Waals surface area contributed by atoms with Crippen molar-refractivity contribution in [1.82, 2.24) is 9.78 Å². The molecule has 0 spiro atoms. The minimum atomic E-state index is -0.122. The van der Waals surface area contributed by atoms with Crippen LogP contribution in [0, 0.1) is 6.92 Å². The Kier molecular flexibility index (Phi) is 4.01. The van der Waals surface area contributed by atoms with E-state index in [1.165, 1.54) is 5.56 Å². The average Bonchev–Trinajstić information content (AvgIpc) is 2.95. The van der Waals surface area contributed by atoms with Crippen molar-refractivity contribution in [2.24, 2.45) is 0 Å². The van der Waals surface area contributed by atoms with Gasteiger partial charge in [0, 0.05) is 11.8 Å². The van der Waals surface area contributed by atoms with Gasteiger partial charge >= 0.3 is 0 Å². The van der Waals surface area contributed by atoms with Gasteiger partial charge in [-0.05, 0) is 24.6 Å². The maximum Gasteiger partial charge on any atom is 0.255 e. The zero-order valence-corrected chi connectivity index (χ0v) is 12.4. The molecule has 2 aromatic carbocycles. The maximum atomic E-state index is 12.2. The molecule has 1 N–H and O–H groups in total. The molecule has 4 heteroatoms. The second-order valence-corrected chi connectivity index (χ2v) is 5.24. The molecule has 1 amide bonds. The Hall–Kier alpha value is -2.88. The Balaban J connectivity index is 1.68. The van der Waals surface area contributed by atoms with Crippen LogP contribution in [0.4, 0.5) is 5.69 Å². The first-order valence-electron chi connectivity index (χ1n) is 7.15. The number of carbonyl (C=O) groups excluding carboxylic acids is 1. The van der Waals surface area contributed by atoms with Crippen molar-refractivity contribution in [3.63, 3.8) is 0 Å². The minimum absolute atomic E-state index is 0.122.